The lowest BCUT2D eigenvalue weighted by molar-refractivity contribution is -0.116. The van der Waals surface area contributed by atoms with E-state index in [-0.39, 0.29) is 11.8 Å². The number of hydrogen-bond donors (Lipinski definition) is 1. The Balaban J connectivity index is 1.51. The van der Waals surface area contributed by atoms with E-state index in [0.717, 1.165) is 24.2 Å². The molecule has 6 nitrogen and oxygen atoms in total. The predicted molar refractivity (Wildman–Crippen MR) is 108 cm³/mol. The third-order valence-electron chi connectivity index (χ3n) is 5.52. The van der Waals surface area contributed by atoms with Crippen LogP contribution < -0.4 is 15.8 Å². The van der Waals surface area contributed by atoms with Crippen molar-refractivity contribution in [3.05, 3.63) is 58.1 Å². The molecule has 3 aromatic rings. The molecule has 28 heavy (non-hydrogen) atoms. The molecule has 1 aliphatic carbocycles. The SMILES string of the molecule is COc1ccc(C(CC(=O)Nc2ccc3c(c2)oc(=O)n3C)C2CC2)cc1C. The number of rotatable bonds is 6. The van der Waals surface area contributed by atoms with Gasteiger partial charge in [0.25, 0.3) is 0 Å². The summed E-state index contributed by atoms with van der Waals surface area (Å²) in [6, 6.07) is 11.4. The molecule has 0 aliphatic heterocycles. The highest BCUT2D eigenvalue weighted by Crippen LogP contribution is 2.45. The van der Waals surface area contributed by atoms with E-state index >= 15 is 0 Å². The largest absolute Gasteiger partial charge is 0.496 e. The maximum Gasteiger partial charge on any atom is 0.419 e. The minimum atomic E-state index is -0.415. The van der Waals surface area contributed by atoms with Crippen LogP contribution in [0, 0.1) is 12.8 Å². The van der Waals surface area contributed by atoms with Crippen LogP contribution in [0.2, 0.25) is 0 Å². The van der Waals surface area contributed by atoms with Gasteiger partial charge < -0.3 is 14.5 Å². The monoisotopic (exact) mass is 380 g/mol. The molecule has 1 amide bonds. The number of oxazole rings is 1. The fraction of sp³-hybridized carbons (Fsp3) is 0.364. The maximum atomic E-state index is 12.7. The second kappa shape index (κ2) is 7.19. The Kier molecular flexibility index (Phi) is 4.71. The van der Waals surface area contributed by atoms with Crippen LogP contribution >= 0.6 is 0 Å². The van der Waals surface area contributed by atoms with Crippen LogP contribution in [0.1, 0.15) is 36.3 Å². The van der Waals surface area contributed by atoms with E-state index in [1.807, 2.05) is 13.0 Å². The average molecular weight is 380 g/mol. The van der Waals surface area contributed by atoms with Crippen molar-refractivity contribution in [2.45, 2.75) is 32.1 Å². The van der Waals surface area contributed by atoms with Crippen molar-refractivity contribution in [3.8, 4) is 5.75 Å². The highest BCUT2D eigenvalue weighted by molar-refractivity contribution is 5.93. The molecule has 1 unspecified atom stereocenters. The quantitative estimate of drug-likeness (QED) is 0.702. The summed E-state index contributed by atoms with van der Waals surface area (Å²) >= 11 is 0. The standard InChI is InChI=1S/C22H24N2O4/c1-13-10-15(6-9-19(13)27-3)17(14-4-5-14)12-21(25)23-16-7-8-18-20(11-16)28-22(26)24(18)2/h6-11,14,17H,4-5,12H2,1-3H3,(H,23,25). The van der Waals surface area contributed by atoms with Crippen molar-refractivity contribution in [3.63, 3.8) is 0 Å². The number of ether oxygens (including phenoxy) is 1. The van der Waals surface area contributed by atoms with Crippen molar-refractivity contribution in [1.82, 2.24) is 4.57 Å². The Labute approximate surface area is 163 Å². The minimum absolute atomic E-state index is 0.0389. The van der Waals surface area contributed by atoms with Crippen LogP contribution in [0.25, 0.3) is 11.1 Å². The number of nitrogens with one attached hydrogen (secondary N) is 1. The van der Waals surface area contributed by atoms with Crippen LogP contribution in [0.4, 0.5) is 5.69 Å². The Hall–Kier alpha value is -3.02. The number of fused-ring (bicyclic) bond motifs is 1. The summed E-state index contributed by atoms with van der Waals surface area (Å²) in [6.07, 6.45) is 2.74. The number of hydrogen-bond acceptors (Lipinski definition) is 4. The third-order valence-corrected chi connectivity index (χ3v) is 5.52. The minimum Gasteiger partial charge on any atom is -0.496 e. The van der Waals surface area contributed by atoms with Gasteiger partial charge in [-0.2, -0.15) is 0 Å². The van der Waals surface area contributed by atoms with Gasteiger partial charge in [0, 0.05) is 25.2 Å². The van der Waals surface area contributed by atoms with Crippen molar-refractivity contribution < 1.29 is 13.9 Å². The summed E-state index contributed by atoms with van der Waals surface area (Å²) < 4.78 is 12.0. The Morgan fingerprint density at radius 2 is 2.07 bits per heavy atom. The predicted octanol–water partition coefficient (Wildman–Crippen LogP) is 3.97. The molecule has 1 heterocycles. The van der Waals surface area contributed by atoms with Crippen LogP contribution in [0.15, 0.2) is 45.6 Å². The number of methoxy groups -OCH3 is 1. The van der Waals surface area contributed by atoms with E-state index in [9.17, 15) is 9.59 Å². The normalized spacial score (nSPS) is 14.8. The summed E-state index contributed by atoms with van der Waals surface area (Å²) in [7, 11) is 3.32. The second-order valence-corrected chi connectivity index (χ2v) is 7.53. The van der Waals surface area contributed by atoms with Gasteiger partial charge in [-0.25, -0.2) is 4.79 Å². The molecule has 0 spiro atoms. The van der Waals surface area contributed by atoms with E-state index in [1.54, 1.807) is 32.4 Å². The van der Waals surface area contributed by atoms with Gasteiger partial charge in [-0.1, -0.05) is 12.1 Å². The summed E-state index contributed by atoms with van der Waals surface area (Å²) in [5.74, 6) is 1.15. The zero-order valence-electron chi connectivity index (χ0n) is 16.3. The topological polar surface area (TPSA) is 73.5 Å². The molecule has 1 N–H and O–H groups in total. The van der Waals surface area contributed by atoms with E-state index in [2.05, 4.69) is 17.4 Å². The van der Waals surface area contributed by atoms with Gasteiger partial charge in [0.15, 0.2) is 5.58 Å². The smallest absolute Gasteiger partial charge is 0.419 e. The lowest BCUT2D eigenvalue weighted by atomic mass is 9.89. The van der Waals surface area contributed by atoms with Gasteiger partial charge in [0.2, 0.25) is 5.91 Å². The van der Waals surface area contributed by atoms with E-state index in [0.29, 0.717) is 29.1 Å². The fourth-order valence-electron chi connectivity index (χ4n) is 3.81. The molecular formula is C22H24N2O4. The molecule has 0 bridgehead atoms. The first-order valence-corrected chi connectivity index (χ1v) is 9.50. The number of aryl methyl sites for hydroxylation is 2. The molecule has 0 radical (unpaired) electrons. The maximum absolute atomic E-state index is 12.7. The first-order valence-electron chi connectivity index (χ1n) is 9.50. The molecular weight excluding hydrogens is 356 g/mol. The molecule has 0 saturated heterocycles. The molecule has 1 saturated carbocycles. The fourth-order valence-corrected chi connectivity index (χ4v) is 3.81. The zero-order chi connectivity index (χ0) is 19.8. The lowest BCUT2D eigenvalue weighted by Gasteiger charge is -2.18. The van der Waals surface area contributed by atoms with Crippen LogP contribution in [-0.2, 0) is 11.8 Å². The molecule has 146 valence electrons. The van der Waals surface area contributed by atoms with E-state index in [1.165, 1.54) is 10.1 Å². The Morgan fingerprint density at radius 3 is 2.75 bits per heavy atom. The van der Waals surface area contributed by atoms with Gasteiger partial charge in [-0.05, 0) is 60.9 Å². The van der Waals surface area contributed by atoms with E-state index in [4.69, 9.17) is 9.15 Å². The Bertz CT molecular complexity index is 1090. The first-order chi connectivity index (χ1) is 13.5. The van der Waals surface area contributed by atoms with E-state index < -0.39 is 5.76 Å². The van der Waals surface area contributed by atoms with Gasteiger partial charge >= 0.3 is 5.76 Å². The van der Waals surface area contributed by atoms with Crippen molar-refractivity contribution in [2.24, 2.45) is 13.0 Å². The second-order valence-electron chi connectivity index (χ2n) is 7.53. The highest BCUT2D eigenvalue weighted by Gasteiger charge is 2.34. The molecule has 1 fully saturated rings. The van der Waals surface area contributed by atoms with Crippen LogP contribution in [-0.4, -0.2) is 17.6 Å². The third kappa shape index (κ3) is 3.54. The lowest BCUT2D eigenvalue weighted by Crippen LogP contribution is -2.17. The number of carbonyl (C=O) groups excluding carboxylic acids is 1. The number of nitrogens with zero attached hydrogens (tertiary/aromatic N) is 1. The summed E-state index contributed by atoms with van der Waals surface area (Å²) in [5, 5.41) is 2.95. The number of anilines is 1. The molecule has 2 aromatic carbocycles. The van der Waals surface area contributed by atoms with Crippen LogP contribution in [0.5, 0.6) is 5.75 Å². The summed E-state index contributed by atoms with van der Waals surface area (Å²) in [4.78, 5) is 24.3. The van der Waals surface area contributed by atoms with Gasteiger partial charge in [-0.3, -0.25) is 9.36 Å². The number of benzene rings is 2. The number of aromatic nitrogens is 1. The summed E-state index contributed by atoms with van der Waals surface area (Å²) in [6.45, 7) is 2.02. The molecule has 1 atom stereocenters. The molecule has 1 aromatic heterocycles. The zero-order valence-corrected chi connectivity index (χ0v) is 16.3. The molecule has 1 aliphatic rings. The summed E-state index contributed by atoms with van der Waals surface area (Å²) in [5.41, 5.74) is 4.06. The van der Waals surface area contributed by atoms with Crippen molar-refractivity contribution in [2.75, 3.05) is 12.4 Å². The van der Waals surface area contributed by atoms with Crippen molar-refractivity contribution in [1.29, 1.82) is 0 Å². The van der Waals surface area contributed by atoms with Gasteiger partial charge in [0.05, 0.1) is 12.6 Å². The molecule has 6 heteroatoms. The average Bonchev–Trinajstić information content (AvgIpc) is 3.46. The number of carbonyl (C=O) groups is 1. The first kappa shape index (κ1) is 18.3. The molecule has 4 rings (SSSR count). The van der Waals surface area contributed by atoms with Gasteiger partial charge in [0.1, 0.15) is 5.75 Å². The van der Waals surface area contributed by atoms with Gasteiger partial charge in [-0.15, -0.1) is 0 Å². The van der Waals surface area contributed by atoms with Crippen LogP contribution in [0.3, 0.4) is 0 Å². The highest BCUT2D eigenvalue weighted by atomic mass is 16.5. The number of amides is 1. The Morgan fingerprint density at radius 1 is 1.29 bits per heavy atom. The van der Waals surface area contributed by atoms with Crippen molar-refractivity contribution >= 4 is 22.7 Å².